The highest BCUT2D eigenvalue weighted by Gasteiger charge is 2.22. The van der Waals surface area contributed by atoms with Crippen molar-refractivity contribution >= 4 is 33.0 Å². The molecule has 0 saturated carbocycles. The van der Waals surface area contributed by atoms with Crippen LogP contribution in [0.15, 0.2) is 77.2 Å². The van der Waals surface area contributed by atoms with E-state index in [9.17, 15) is 4.79 Å². The number of rotatable bonds is 3. The van der Waals surface area contributed by atoms with Gasteiger partial charge >= 0.3 is 0 Å². The average molecular weight is 386 g/mol. The third kappa shape index (κ3) is 3.14. The van der Waals surface area contributed by atoms with Crippen molar-refractivity contribution in [3.05, 3.63) is 84.1 Å². The number of fused-ring (bicyclic) bond motifs is 1. The monoisotopic (exact) mass is 386 g/mol. The largest absolute Gasteiger partial charge is 0.448 e. The molecule has 5 heteroatoms. The topological polar surface area (TPSA) is 46.3 Å². The number of hydrogen-bond donors (Lipinski definition) is 0. The summed E-state index contributed by atoms with van der Waals surface area (Å²) in [4.78, 5) is 19.3. The van der Waals surface area contributed by atoms with E-state index in [0.717, 1.165) is 21.6 Å². The van der Waals surface area contributed by atoms with Crippen LogP contribution in [0.25, 0.3) is 26.6 Å². The molecule has 138 valence electrons. The maximum atomic E-state index is 12.8. The van der Waals surface area contributed by atoms with E-state index >= 15 is 0 Å². The SMILES string of the molecule is O=C(c1ccc(-c2nc3ccccc3s2)o1)N1CC=C(c2ccccc2)CC1. The van der Waals surface area contributed by atoms with Crippen LogP contribution in [0.2, 0.25) is 0 Å². The second kappa shape index (κ2) is 7.09. The first-order valence-corrected chi connectivity index (χ1v) is 10.1. The van der Waals surface area contributed by atoms with Crippen molar-refractivity contribution in [2.45, 2.75) is 6.42 Å². The van der Waals surface area contributed by atoms with Crippen molar-refractivity contribution in [2.24, 2.45) is 0 Å². The highest BCUT2D eigenvalue weighted by atomic mass is 32.1. The molecule has 2 aromatic carbocycles. The van der Waals surface area contributed by atoms with Gasteiger partial charge in [-0.1, -0.05) is 48.5 Å². The van der Waals surface area contributed by atoms with Gasteiger partial charge < -0.3 is 9.32 Å². The van der Waals surface area contributed by atoms with E-state index in [1.807, 2.05) is 53.4 Å². The van der Waals surface area contributed by atoms with Gasteiger partial charge in [0.25, 0.3) is 5.91 Å². The van der Waals surface area contributed by atoms with Gasteiger partial charge in [-0.2, -0.15) is 0 Å². The molecule has 5 rings (SSSR count). The summed E-state index contributed by atoms with van der Waals surface area (Å²) < 4.78 is 6.97. The molecular weight excluding hydrogens is 368 g/mol. The normalized spacial score (nSPS) is 14.3. The molecule has 28 heavy (non-hydrogen) atoms. The van der Waals surface area contributed by atoms with Gasteiger partial charge in [-0.3, -0.25) is 4.79 Å². The Labute approximate surface area is 166 Å². The number of carbonyl (C=O) groups is 1. The quantitative estimate of drug-likeness (QED) is 0.468. The van der Waals surface area contributed by atoms with E-state index in [-0.39, 0.29) is 5.91 Å². The van der Waals surface area contributed by atoms with E-state index in [2.05, 4.69) is 23.2 Å². The van der Waals surface area contributed by atoms with E-state index < -0.39 is 0 Å². The summed E-state index contributed by atoms with van der Waals surface area (Å²) in [5.74, 6) is 0.934. The highest BCUT2D eigenvalue weighted by Crippen LogP contribution is 2.31. The van der Waals surface area contributed by atoms with Crippen molar-refractivity contribution in [1.29, 1.82) is 0 Å². The molecule has 0 spiro atoms. The lowest BCUT2D eigenvalue weighted by atomic mass is 9.99. The number of para-hydroxylation sites is 1. The van der Waals surface area contributed by atoms with Crippen LogP contribution in [0, 0.1) is 0 Å². The fourth-order valence-electron chi connectivity index (χ4n) is 3.47. The van der Waals surface area contributed by atoms with E-state index in [0.29, 0.717) is 24.6 Å². The molecule has 1 aliphatic rings. The van der Waals surface area contributed by atoms with Crippen LogP contribution in [0.5, 0.6) is 0 Å². The van der Waals surface area contributed by atoms with Crippen molar-refractivity contribution in [3.8, 4) is 10.8 Å². The zero-order chi connectivity index (χ0) is 18.9. The van der Waals surface area contributed by atoms with Crippen LogP contribution in [0.1, 0.15) is 22.5 Å². The summed E-state index contributed by atoms with van der Waals surface area (Å²) in [6, 6.07) is 21.9. The first kappa shape index (κ1) is 17.0. The molecule has 2 aromatic heterocycles. The van der Waals surface area contributed by atoms with E-state index in [1.54, 1.807) is 17.4 Å². The van der Waals surface area contributed by atoms with Crippen LogP contribution >= 0.6 is 11.3 Å². The van der Waals surface area contributed by atoms with Crippen molar-refractivity contribution in [1.82, 2.24) is 9.88 Å². The summed E-state index contributed by atoms with van der Waals surface area (Å²) >= 11 is 1.57. The number of thiazole rings is 1. The lowest BCUT2D eigenvalue weighted by molar-refractivity contribution is 0.0742. The maximum Gasteiger partial charge on any atom is 0.289 e. The first-order valence-electron chi connectivity index (χ1n) is 9.27. The fraction of sp³-hybridized carbons (Fsp3) is 0.130. The predicted octanol–water partition coefficient (Wildman–Crippen LogP) is 5.49. The third-order valence-electron chi connectivity index (χ3n) is 4.96. The second-order valence-corrected chi connectivity index (χ2v) is 7.78. The molecule has 0 atom stereocenters. The van der Waals surface area contributed by atoms with Crippen LogP contribution in [-0.4, -0.2) is 28.9 Å². The Hall–Kier alpha value is -3.18. The van der Waals surface area contributed by atoms with Crippen molar-refractivity contribution in [3.63, 3.8) is 0 Å². The summed E-state index contributed by atoms with van der Waals surface area (Å²) in [7, 11) is 0. The number of carbonyl (C=O) groups excluding carboxylic acids is 1. The van der Waals surface area contributed by atoms with Crippen molar-refractivity contribution < 1.29 is 9.21 Å². The molecule has 0 unspecified atom stereocenters. The predicted molar refractivity (Wildman–Crippen MR) is 112 cm³/mol. The zero-order valence-corrected chi connectivity index (χ0v) is 16.0. The molecular formula is C23H18N2O2S. The van der Waals surface area contributed by atoms with Crippen LogP contribution in [-0.2, 0) is 0 Å². The summed E-state index contributed by atoms with van der Waals surface area (Å²) in [6.45, 7) is 1.29. The van der Waals surface area contributed by atoms with Gasteiger partial charge in [-0.15, -0.1) is 11.3 Å². The van der Waals surface area contributed by atoms with E-state index in [4.69, 9.17) is 4.42 Å². The van der Waals surface area contributed by atoms with Gasteiger partial charge in [0.15, 0.2) is 16.5 Å². The number of amides is 1. The Bertz CT molecular complexity index is 1140. The number of nitrogens with zero attached hydrogens (tertiary/aromatic N) is 2. The lowest BCUT2D eigenvalue weighted by Crippen LogP contribution is -2.34. The number of aromatic nitrogens is 1. The molecule has 0 radical (unpaired) electrons. The minimum absolute atomic E-state index is 0.0734. The molecule has 0 aliphatic carbocycles. The molecule has 0 fully saturated rings. The van der Waals surface area contributed by atoms with Gasteiger partial charge in [0.2, 0.25) is 0 Å². The Morgan fingerprint density at radius 3 is 2.61 bits per heavy atom. The second-order valence-electron chi connectivity index (χ2n) is 6.75. The highest BCUT2D eigenvalue weighted by molar-refractivity contribution is 7.21. The molecule has 0 N–H and O–H groups in total. The average Bonchev–Trinajstić information content (AvgIpc) is 3.41. The summed E-state index contributed by atoms with van der Waals surface area (Å²) in [5, 5.41) is 0.796. The van der Waals surface area contributed by atoms with Gasteiger partial charge in [0.1, 0.15) is 0 Å². The molecule has 1 aliphatic heterocycles. The zero-order valence-electron chi connectivity index (χ0n) is 15.2. The van der Waals surface area contributed by atoms with Crippen LogP contribution in [0.3, 0.4) is 0 Å². The summed E-state index contributed by atoms with van der Waals surface area (Å²) in [5.41, 5.74) is 3.46. The minimum atomic E-state index is -0.0734. The lowest BCUT2D eigenvalue weighted by Gasteiger charge is -2.25. The van der Waals surface area contributed by atoms with Gasteiger partial charge in [-0.05, 0) is 41.8 Å². The van der Waals surface area contributed by atoms with Gasteiger partial charge in [0, 0.05) is 13.1 Å². The Morgan fingerprint density at radius 1 is 1.00 bits per heavy atom. The minimum Gasteiger partial charge on any atom is -0.448 e. The van der Waals surface area contributed by atoms with E-state index in [1.165, 1.54) is 11.1 Å². The van der Waals surface area contributed by atoms with Crippen LogP contribution in [0.4, 0.5) is 0 Å². The molecule has 4 aromatic rings. The molecule has 3 heterocycles. The van der Waals surface area contributed by atoms with Gasteiger partial charge in [0.05, 0.1) is 10.2 Å². The first-order chi connectivity index (χ1) is 13.8. The summed E-state index contributed by atoms with van der Waals surface area (Å²) in [6.07, 6.45) is 2.98. The van der Waals surface area contributed by atoms with Gasteiger partial charge in [-0.25, -0.2) is 4.98 Å². The molecule has 0 bridgehead atoms. The third-order valence-corrected chi connectivity index (χ3v) is 6.01. The smallest absolute Gasteiger partial charge is 0.289 e. The molecule has 4 nitrogen and oxygen atoms in total. The Morgan fingerprint density at radius 2 is 1.82 bits per heavy atom. The maximum absolute atomic E-state index is 12.8. The molecule has 0 saturated heterocycles. The number of hydrogen-bond acceptors (Lipinski definition) is 4. The Balaban J connectivity index is 1.33. The standard InChI is InChI=1S/C23H18N2O2S/c26-23(25-14-12-17(13-15-25)16-6-2-1-3-7-16)20-11-10-19(27-20)22-24-18-8-4-5-9-21(18)28-22/h1-12H,13-15H2. The number of furan rings is 1. The van der Waals surface area contributed by atoms with Crippen molar-refractivity contribution in [2.75, 3.05) is 13.1 Å². The number of benzene rings is 2. The Kier molecular flexibility index (Phi) is 4.29. The van der Waals surface area contributed by atoms with Crippen LogP contribution < -0.4 is 0 Å². The molecule has 1 amide bonds. The fourth-order valence-corrected chi connectivity index (χ4v) is 4.40.